The van der Waals surface area contributed by atoms with Crippen molar-refractivity contribution in [3.63, 3.8) is 0 Å². The molecule has 1 atom stereocenters. The van der Waals surface area contributed by atoms with Crippen molar-refractivity contribution >= 4 is 10.8 Å². The maximum Gasteiger partial charge on any atom is 0.258 e. The smallest absolute Gasteiger partial charge is 0.258 e. The molecule has 0 radical (unpaired) electrons. The SMILES string of the molecule is COc1ccc(S(=O)c2c[n+](Cc3ccccc3)nn2C)cc1. The molecular formula is C17H18N3O2S+. The second-order valence-corrected chi connectivity index (χ2v) is 6.53. The van der Waals surface area contributed by atoms with Gasteiger partial charge in [0, 0.05) is 4.90 Å². The predicted octanol–water partition coefficient (Wildman–Crippen LogP) is 1.93. The van der Waals surface area contributed by atoms with Crippen molar-refractivity contribution in [1.82, 2.24) is 9.90 Å². The zero-order chi connectivity index (χ0) is 16.2. The first-order chi connectivity index (χ1) is 11.2. The van der Waals surface area contributed by atoms with Crippen LogP contribution >= 0.6 is 0 Å². The van der Waals surface area contributed by atoms with Crippen LogP contribution in [-0.4, -0.2) is 21.2 Å². The molecule has 6 heteroatoms. The summed E-state index contributed by atoms with van der Waals surface area (Å²) in [5.74, 6) is 0.745. The Kier molecular flexibility index (Phi) is 4.52. The molecule has 3 aromatic rings. The molecule has 0 N–H and O–H groups in total. The molecule has 1 unspecified atom stereocenters. The molecule has 0 saturated carbocycles. The fraction of sp³-hybridized carbons (Fsp3) is 0.176. The maximum absolute atomic E-state index is 12.7. The van der Waals surface area contributed by atoms with Gasteiger partial charge in [0.05, 0.1) is 12.3 Å². The van der Waals surface area contributed by atoms with Crippen LogP contribution in [-0.2, 0) is 24.4 Å². The lowest BCUT2D eigenvalue weighted by atomic mass is 10.2. The van der Waals surface area contributed by atoms with Crippen molar-refractivity contribution in [1.29, 1.82) is 0 Å². The van der Waals surface area contributed by atoms with E-state index in [-0.39, 0.29) is 0 Å². The van der Waals surface area contributed by atoms with Gasteiger partial charge >= 0.3 is 0 Å². The van der Waals surface area contributed by atoms with Gasteiger partial charge in [0.25, 0.3) is 5.03 Å². The molecule has 2 aromatic carbocycles. The Labute approximate surface area is 137 Å². The molecule has 3 rings (SSSR count). The number of hydrogen-bond donors (Lipinski definition) is 0. The molecule has 23 heavy (non-hydrogen) atoms. The van der Waals surface area contributed by atoms with Gasteiger partial charge in [-0.05, 0) is 29.8 Å². The normalized spacial score (nSPS) is 12.1. The molecule has 0 aliphatic heterocycles. The van der Waals surface area contributed by atoms with Gasteiger partial charge in [-0.3, -0.25) is 0 Å². The Bertz CT molecular complexity index is 814. The molecule has 0 amide bonds. The number of ether oxygens (including phenoxy) is 1. The van der Waals surface area contributed by atoms with Gasteiger partial charge < -0.3 is 4.74 Å². The largest absolute Gasteiger partial charge is 0.497 e. The van der Waals surface area contributed by atoms with Crippen LogP contribution in [0.4, 0.5) is 0 Å². The molecule has 0 spiro atoms. The van der Waals surface area contributed by atoms with Crippen LogP contribution in [0.3, 0.4) is 0 Å². The summed E-state index contributed by atoms with van der Waals surface area (Å²) in [6.45, 7) is 0.647. The summed E-state index contributed by atoms with van der Waals surface area (Å²) < 4.78 is 21.3. The van der Waals surface area contributed by atoms with E-state index in [0.29, 0.717) is 11.6 Å². The van der Waals surface area contributed by atoms with Gasteiger partial charge in [-0.25, -0.2) is 4.21 Å². The van der Waals surface area contributed by atoms with Crippen LogP contribution in [0.5, 0.6) is 5.75 Å². The maximum atomic E-state index is 12.7. The highest BCUT2D eigenvalue weighted by Gasteiger charge is 2.20. The first kappa shape index (κ1) is 15.4. The van der Waals surface area contributed by atoms with E-state index in [4.69, 9.17) is 4.74 Å². The third-order valence-electron chi connectivity index (χ3n) is 3.48. The highest BCUT2D eigenvalue weighted by molar-refractivity contribution is 7.85. The summed E-state index contributed by atoms with van der Waals surface area (Å²) in [4.78, 5) is 0.723. The summed E-state index contributed by atoms with van der Waals surface area (Å²) in [7, 11) is 2.13. The zero-order valence-corrected chi connectivity index (χ0v) is 13.9. The summed E-state index contributed by atoms with van der Waals surface area (Å²) in [5, 5.41) is 5.06. The summed E-state index contributed by atoms with van der Waals surface area (Å²) in [6, 6.07) is 17.3. The van der Waals surface area contributed by atoms with Gasteiger partial charge in [0.15, 0.2) is 6.20 Å². The van der Waals surface area contributed by atoms with Gasteiger partial charge in [-0.15, -0.1) is 9.36 Å². The Morgan fingerprint density at radius 3 is 2.48 bits per heavy atom. The standard InChI is InChI=1S/C17H18N3O2S/c1-19-17(23(21)16-10-8-15(22-2)9-11-16)13-20(18-19)12-14-6-4-3-5-7-14/h3-11,13H,12H2,1-2H3/q+1. The highest BCUT2D eigenvalue weighted by Crippen LogP contribution is 2.18. The monoisotopic (exact) mass is 328 g/mol. The quantitative estimate of drug-likeness (QED) is 0.673. The molecule has 0 aliphatic rings. The van der Waals surface area contributed by atoms with E-state index in [0.717, 1.165) is 16.2 Å². The number of aryl methyl sites for hydroxylation is 1. The molecule has 0 saturated heterocycles. The second kappa shape index (κ2) is 6.75. The minimum Gasteiger partial charge on any atom is -0.497 e. The molecule has 5 nitrogen and oxygen atoms in total. The third-order valence-corrected chi connectivity index (χ3v) is 4.93. The lowest BCUT2D eigenvalue weighted by molar-refractivity contribution is -0.747. The van der Waals surface area contributed by atoms with E-state index in [1.54, 1.807) is 23.5 Å². The Balaban J connectivity index is 1.83. The predicted molar refractivity (Wildman–Crippen MR) is 86.6 cm³/mol. The van der Waals surface area contributed by atoms with Crippen molar-refractivity contribution in [2.45, 2.75) is 16.5 Å². The van der Waals surface area contributed by atoms with Gasteiger partial charge in [0.1, 0.15) is 30.1 Å². The van der Waals surface area contributed by atoms with Crippen LogP contribution in [0, 0.1) is 0 Å². The molecular weight excluding hydrogens is 310 g/mol. The van der Waals surface area contributed by atoms with Crippen LogP contribution in [0.15, 0.2) is 70.7 Å². The van der Waals surface area contributed by atoms with E-state index < -0.39 is 10.8 Å². The van der Waals surface area contributed by atoms with Crippen molar-refractivity contribution in [3.05, 3.63) is 66.4 Å². The van der Waals surface area contributed by atoms with Crippen LogP contribution < -0.4 is 9.42 Å². The molecule has 0 bridgehead atoms. The van der Waals surface area contributed by atoms with Crippen LogP contribution in [0.2, 0.25) is 0 Å². The number of aromatic nitrogens is 3. The molecule has 118 valence electrons. The number of benzene rings is 2. The van der Waals surface area contributed by atoms with E-state index in [9.17, 15) is 4.21 Å². The average molecular weight is 328 g/mol. The van der Waals surface area contributed by atoms with Crippen molar-refractivity contribution in [2.75, 3.05) is 7.11 Å². The minimum absolute atomic E-state index is 0.647. The first-order valence-corrected chi connectivity index (χ1v) is 8.36. The third kappa shape index (κ3) is 3.48. The molecule has 1 heterocycles. The second-order valence-electron chi connectivity index (χ2n) is 5.11. The van der Waals surface area contributed by atoms with E-state index >= 15 is 0 Å². The lowest BCUT2D eigenvalue weighted by Gasteiger charge is -2.00. The summed E-state index contributed by atoms with van der Waals surface area (Å²) in [5.41, 5.74) is 1.15. The fourth-order valence-electron chi connectivity index (χ4n) is 2.29. The van der Waals surface area contributed by atoms with Gasteiger partial charge in [-0.1, -0.05) is 30.3 Å². The van der Waals surface area contributed by atoms with E-state index in [1.807, 2.05) is 60.8 Å². The first-order valence-electron chi connectivity index (χ1n) is 7.21. The zero-order valence-electron chi connectivity index (χ0n) is 13.0. The van der Waals surface area contributed by atoms with Crippen LogP contribution in [0.1, 0.15) is 5.56 Å². The summed E-state index contributed by atoms with van der Waals surface area (Å²) >= 11 is 0. The molecule has 0 aliphatic carbocycles. The molecule has 0 fully saturated rings. The van der Waals surface area contributed by atoms with E-state index in [1.165, 1.54) is 0 Å². The molecule has 1 aromatic heterocycles. The number of nitrogens with zero attached hydrogens (tertiary/aromatic N) is 3. The minimum atomic E-state index is -1.28. The van der Waals surface area contributed by atoms with Crippen LogP contribution in [0.25, 0.3) is 0 Å². The average Bonchev–Trinajstić information content (AvgIpc) is 2.95. The highest BCUT2D eigenvalue weighted by atomic mass is 32.2. The Morgan fingerprint density at radius 2 is 1.83 bits per heavy atom. The number of rotatable bonds is 5. The van der Waals surface area contributed by atoms with Crippen molar-refractivity contribution in [3.8, 4) is 5.75 Å². The number of methoxy groups -OCH3 is 1. The Morgan fingerprint density at radius 1 is 1.13 bits per heavy atom. The van der Waals surface area contributed by atoms with E-state index in [2.05, 4.69) is 5.21 Å². The fourth-order valence-corrected chi connectivity index (χ4v) is 3.41. The lowest BCUT2D eigenvalue weighted by Crippen LogP contribution is -2.36. The number of hydrogen-bond acceptors (Lipinski definition) is 3. The topological polar surface area (TPSA) is 48.0 Å². The van der Waals surface area contributed by atoms with Gasteiger partial charge in [-0.2, -0.15) is 0 Å². The van der Waals surface area contributed by atoms with Gasteiger partial charge in [0.2, 0.25) is 0 Å². The Hall–Kier alpha value is -2.47. The van der Waals surface area contributed by atoms with Crippen molar-refractivity contribution < 1.29 is 13.6 Å². The summed E-state index contributed by atoms with van der Waals surface area (Å²) in [6.07, 6.45) is 1.83. The van der Waals surface area contributed by atoms with Crippen molar-refractivity contribution in [2.24, 2.45) is 7.05 Å².